The van der Waals surface area contributed by atoms with Crippen LogP contribution in [0.4, 0.5) is 0 Å². The Labute approximate surface area is 442 Å². The number of ether oxygens (including phenoxy) is 11. The van der Waals surface area contributed by atoms with Crippen molar-refractivity contribution in [2.24, 2.45) is 0 Å². The third-order valence-corrected chi connectivity index (χ3v) is 12.9. The van der Waals surface area contributed by atoms with Gasteiger partial charge in [-0.25, -0.2) is 14.4 Å². The van der Waals surface area contributed by atoms with Crippen molar-refractivity contribution in [3.8, 4) is 0 Å². The van der Waals surface area contributed by atoms with Crippen molar-refractivity contribution in [3.05, 3.63) is 251 Å². The Kier molecular flexibility index (Phi) is 19.3. The summed E-state index contributed by atoms with van der Waals surface area (Å²) in [5.74, 6) is -2.16. The van der Waals surface area contributed by atoms with E-state index in [4.69, 9.17) is 52.1 Å². The van der Waals surface area contributed by atoms with Crippen molar-refractivity contribution >= 4 is 17.9 Å². The molecule has 0 radical (unpaired) electrons. The third-order valence-electron chi connectivity index (χ3n) is 12.9. The highest BCUT2D eigenvalue weighted by atomic mass is 16.8. The molecule has 0 amide bonds. The molecule has 2 aliphatic heterocycles. The summed E-state index contributed by atoms with van der Waals surface area (Å²) in [6.07, 6.45) is -11.2. The summed E-state index contributed by atoms with van der Waals surface area (Å²) < 4.78 is 72.3. The Morgan fingerprint density at radius 2 is 0.671 bits per heavy atom. The fourth-order valence-electron chi connectivity index (χ4n) is 8.97. The number of benzene rings is 7. The summed E-state index contributed by atoms with van der Waals surface area (Å²) in [4.78, 5) is 42.1. The van der Waals surface area contributed by atoms with E-state index < -0.39 is 85.9 Å². The maximum atomic E-state index is 14.3. The molecule has 14 heteroatoms. The van der Waals surface area contributed by atoms with Gasteiger partial charge < -0.3 is 52.1 Å². The Balaban J connectivity index is 1.08. The van der Waals surface area contributed by atoms with E-state index in [2.05, 4.69) is 0 Å². The molecule has 0 spiro atoms. The van der Waals surface area contributed by atoms with Gasteiger partial charge in [0.2, 0.25) is 0 Å². The lowest BCUT2D eigenvalue weighted by Gasteiger charge is -2.47. The first-order valence-corrected chi connectivity index (χ1v) is 25.2. The van der Waals surface area contributed by atoms with E-state index in [-0.39, 0.29) is 49.7 Å². The van der Waals surface area contributed by atoms with Gasteiger partial charge in [0.25, 0.3) is 0 Å². The zero-order valence-corrected chi connectivity index (χ0v) is 41.9. The minimum Gasteiger partial charge on any atom is -0.459 e. The highest BCUT2D eigenvalue weighted by Gasteiger charge is 2.54. The van der Waals surface area contributed by atoms with Gasteiger partial charge in [-0.1, -0.05) is 176 Å². The van der Waals surface area contributed by atoms with E-state index in [9.17, 15) is 14.4 Å². The summed E-state index contributed by atoms with van der Waals surface area (Å²) in [6.45, 7) is -0.119. The molecule has 2 saturated heterocycles. The van der Waals surface area contributed by atoms with Crippen molar-refractivity contribution in [1.29, 1.82) is 0 Å². The van der Waals surface area contributed by atoms with Gasteiger partial charge in [0.1, 0.15) is 43.2 Å². The average Bonchev–Trinajstić information content (AvgIpc) is 3.49. The molecule has 10 atom stereocenters. The number of esters is 3. The Hall–Kier alpha value is -7.37. The molecule has 392 valence electrons. The van der Waals surface area contributed by atoms with E-state index in [0.29, 0.717) is 0 Å². The summed E-state index contributed by atoms with van der Waals surface area (Å²) in [5.41, 5.74) is 4.25. The molecule has 0 bridgehead atoms. The largest absolute Gasteiger partial charge is 0.459 e. The second-order valence-electron chi connectivity index (χ2n) is 18.1. The molecule has 2 aliphatic rings. The smallest absolute Gasteiger partial charge is 0.338 e. The second kappa shape index (κ2) is 27.4. The number of rotatable bonds is 23. The Morgan fingerprint density at radius 1 is 0.342 bits per heavy atom. The Bertz CT molecular complexity index is 2830. The lowest BCUT2D eigenvalue weighted by Crippen LogP contribution is -2.64. The first-order chi connectivity index (χ1) is 37.4. The topological polar surface area (TPSA) is 153 Å². The van der Waals surface area contributed by atoms with Crippen molar-refractivity contribution in [3.63, 3.8) is 0 Å². The fourth-order valence-corrected chi connectivity index (χ4v) is 8.97. The molecule has 7 aromatic carbocycles. The van der Waals surface area contributed by atoms with Crippen molar-refractivity contribution < 1.29 is 66.5 Å². The van der Waals surface area contributed by atoms with Crippen LogP contribution in [0.1, 0.15) is 53.3 Å². The maximum absolute atomic E-state index is 14.3. The number of carbonyl (C=O) groups is 3. The van der Waals surface area contributed by atoms with Gasteiger partial charge in [-0.2, -0.15) is 0 Å². The van der Waals surface area contributed by atoms with E-state index in [1.807, 2.05) is 121 Å². The van der Waals surface area contributed by atoms with Crippen LogP contribution < -0.4 is 0 Å². The van der Waals surface area contributed by atoms with Gasteiger partial charge in [0.15, 0.2) is 24.8 Å². The van der Waals surface area contributed by atoms with Crippen LogP contribution in [0, 0.1) is 0 Å². The highest BCUT2D eigenvalue weighted by molar-refractivity contribution is 5.91. The van der Waals surface area contributed by atoms with Gasteiger partial charge in [0.05, 0.1) is 49.7 Å². The van der Waals surface area contributed by atoms with E-state index in [0.717, 1.165) is 22.3 Å². The summed E-state index contributed by atoms with van der Waals surface area (Å²) in [7, 11) is 1.53. The van der Waals surface area contributed by atoms with Crippen LogP contribution >= 0.6 is 0 Å². The van der Waals surface area contributed by atoms with Crippen molar-refractivity contribution in [1.82, 2.24) is 0 Å². The molecule has 0 N–H and O–H groups in total. The number of carbonyl (C=O) groups excluding carboxylic acids is 3. The lowest BCUT2D eigenvalue weighted by molar-refractivity contribution is -0.344. The Morgan fingerprint density at radius 3 is 1.09 bits per heavy atom. The van der Waals surface area contributed by atoms with Crippen LogP contribution in [-0.2, 0) is 78.5 Å². The van der Waals surface area contributed by atoms with E-state index in [1.54, 1.807) is 91.0 Å². The van der Waals surface area contributed by atoms with Crippen LogP contribution in [0.5, 0.6) is 0 Å². The molecule has 76 heavy (non-hydrogen) atoms. The van der Waals surface area contributed by atoms with Crippen molar-refractivity contribution in [2.75, 3.05) is 20.3 Å². The minimum absolute atomic E-state index is 0.00848. The standard InChI is InChI=1S/C62H60O14/c1-66-61-56(69-39-45-27-13-4-14-28-45)54(68-38-44-25-11-3-12-26-44)52(67-37-43-23-9-2-10-24-43)50(73-61)42-72-62-57(70-40-46-29-15-5-16-30-46)55(76-60(65)49-35-21-8-22-36-49)53(75-59(64)48-33-19-7-20-34-48)51(74-62)41-71-58(63)47-31-17-6-18-32-47/h2-36,50-57,61-62H,37-42H2,1H3/t50-,51-,52-,53-,54+,55+,56-,57-,61+,62?/m1/s1. The number of hydrogen-bond acceptors (Lipinski definition) is 14. The molecule has 2 heterocycles. The minimum atomic E-state index is -1.43. The van der Waals surface area contributed by atoms with Crippen LogP contribution in [0.3, 0.4) is 0 Å². The van der Waals surface area contributed by atoms with E-state index in [1.165, 1.54) is 7.11 Å². The maximum Gasteiger partial charge on any atom is 0.338 e. The summed E-state index contributed by atoms with van der Waals surface area (Å²) in [6, 6.07) is 63.8. The van der Waals surface area contributed by atoms with Gasteiger partial charge in [-0.05, 0) is 58.7 Å². The average molecular weight is 1030 g/mol. The van der Waals surface area contributed by atoms with Crippen LogP contribution in [0.2, 0.25) is 0 Å². The van der Waals surface area contributed by atoms with Gasteiger partial charge in [-0.15, -0.1) is 0 Å². The lowest BCUT2D eigenvalue weighted by atomic mass is 9.96. The van der Waals surface area contributed by atoms with Gasteiger partial charge in [0, 0.05) is 7.11 Å². The molecule has 0 aliphatic carbocycles. The molecule has 7 aromatic rings. The first kappa shape index (κ1) is 53.5. The zero-order valence-electron chi connectivity index (χ0n) is 41.9. The molecule has 2 fully saturated rings. The summed E-state index contributed by atoms with van der Waals surface area (Å²) in [5, 5.41) is 0. The number of hydrogen-bond donors (Lipinski definition) is 0. The zero-order chi connectivity index (χ0) is 52.3. The highest BCUT2D eigenvalue weighted by Crippen LogP contribution is 2.35. The predicted molar refractivity (Wildman–Crippen MR) is 278 cm³/mol. The van der Waals surface area contributed by atoms with Gasteiger partial charge in [-0.3, -0.25) is 0 Å². The quantitative estimate of drug-likeness (QED) is 0.0441. The molecular formula is C62H60O14. The van der Waals surface area contributed by atoms with Gasteiger partial charge >= 0.3 is 17.9 Å². The molecule has 9 rings (SSSR count). The molecule has 0 saturated carbocycles. The van der Waals surface area contributed by atoms with Crippen LogP contribution in [-0.4, -0.2) is 99.6 Å². The predicted octanol–water partition coefficient (Wildman–Crippen LogP) is 9.75. The molecule has 14 nitrogen and oxygen atoms in total. The third kappa shape index (κ3) is 14.5. The van der Waals surface area contributed by atoms with E-state index >= 15 is 0 Å². The second-order valence-corrected chi connectivity index (χ2v) is 18.1. The van der Waals surface area contributed by atoms with Crippen molar-refractivity contribution in [2.45, 2.75) is 87.8 Å². The van der Waals surface area contributed by atoms with Crippen LogP contribution in [0.15, 0.2) is 212 Å². The molecule has 0 aromatic heterocycles. The SMILES string of the molecule is CO[C@H]1O[C@H](COC2O[C@H](COC(=O)c3ccccc3)[C@@H](OC(=O)c3ccccc3)[C@H](OC(=O)c3ccccc3)[C@H]2OCc2ccccc2)[C@@H](OCc2ccccc2)[C@H](OCc2ccccc2)[C@H]1OCc1ccccc1. The molecular weight excluding hydrogens is 969 g/mol. The fraction of sp³-hybridized carbons (Fsp3) is 0.274. The monoisotopic (exact) mass is 1030 g/mol. The number of methoxy groups -OCH3 is 1. The van der Waals surface area contributed by atoms with Crippen LogP contribution in [0.25, 0.3) is 0 Å². The molecule has 1 unspecified atom stereocenters. The summed E-state index contributed by atoms with van der Waals surface area (Å²) >= 11 is 0. The first-order valence-electron chi connectivity index (χ1n) is 25.2. The normalized spacial score (nSPS) is 23.2.